The van der Waals surface area contributed by atoms with E-state index in [-0.39, 0.29) is 11.9 Å². The lowest BCUT2D eigenvalue weighted by molar-refractivity contribution is -0.130. The number of aromatic nitrogens is 2. The maximum Gasteiger partial charge on any atom is 0.244 e. The molecular formula is C12H18N4O. The number of amides is 1. The minimum absolute atomic E-state index is 0.143. The van der Waals surface area contributed by atoms with Crippen LogP contribution in [0.25, 0.3) is 0 Å². The van der Waals surface area contributed by atoms with Gasteiger partial charge in [-0.05, 0) is 38.8 Å². The highest BCUT2D eigenvalue weighted by Crippen LogP contribution is 2.11. The van der Waals surface area contributed by atoms with Crippen molar-refractivity contribution in [1.29, 1.82) is 0 Å². The number of likely N-dealkylation sites (tertiary alicyclic amines) is 1. The average molecular weight is 234 g/mol. The Morgan fingerprint density at radius 1 is 1.35 bits per heavy atom. The minimum Gasteiger partial charge on any atom is -0.357 e. The molecule has 1 atom stereocenters. The lowest BCUT2D eigenvalue weighted by Crippen LogP contribution is -2.39. The Bertz CT molecular complexity index is 384. The monoisotopic (exact) mass is 234 g/mol. The van der Waals surface area contributed by atoms with Crippen molar-refractivity contribution in [2.75, 3.05) is 18.4 Å². The predicted molar refractivity (Wildman–Crippen MR) is 65.7 cm³/mol. The predicted octanol–water partition coefficient (Wildman–Crippen LogP) is 1.21. The summed E-state index contributed by atoms with van der Waals surface area (Å²) in [5, 5.41) is 11.0. The fourth-order valence-electron chi connectivity index (χ4n) is 1.97. The van der Waals surface area contributed by atoms with Crippen molar-refractivity contribution in [3.8, 4) is 0 Å². The van der Waals surface area contributed by atoms with Gasteiger partial charge in [-0.1, -0.05) is 0 Å². The maximum atomic E-state index is 12.0. The van der Waals surface area contributed by atoms with Crippen LogP contribution in [-0.4, -0.2) is 40.1 Å². The van der Waals surface area contributed by atoms with Crippen molar-refractivity contribution < 1.29 is 4.79 Å². The number of carbonyl (C=O) groups excluding carboxylic acids is 1. The Morgan fingerprint density at radius 2 is 2.06 bits per heavy atom. The van der Waals surface area contributed by atoms with Crippen LogP contribution in [0.2, 0.25) is 0 Å². The van der Waals surface area contributed by atoms with Gasteiger partial charge in [-0.15, -0.1) is 5.10 Å². The first-order valence-corrected chi connectivity index (χ1v) is 6.02. The third kappa shape index (κ3) is 2.93. The Labute approximate surface area is 101 Å². The Hall–Kier alpha value is -1.65. The van der Waals surface area contributed by atoms with Gasteiger partial charge < -0.3 is 10.2 Å². The topological polar surface area (TPSA) is 58.1 Å². The van der Waals surface area contributed by atoms with Crippen molar-refractivity contribution >= 4 is 11.7 Å². The van der Waals surface area contributed by atoms with Crippen LogP contribution >= 0.6 is 0 Å². The van der Waals surface area contributed by atoms with E-state index in [0.717, 1.165) is 31.6 Å². The van der Waals surface area contributed by atoms with Crippen molar-refractivity contribution in [2.45, 2.75) is 32.7 Å². The molecule has 1 aliphatic rings. The Morgan fingerprint density at radius 3 is 2.65 bits per heavy atom. The van der Waals surface area contributed by atoms with Crippen LogP contribution in [0, 0.1) is 6.92 Å². The molecule has 2 rings (SSSR count). The second-order valence-corrected chi connectivity index (χ2v) is 4.46. The molecule has 0 saturated carbocycles. The molecule has 1 aromatic heterocycles. The number of anilines is 1. The summed E-state index contributed by atoms with van der Waals surface area (Å²) < 4.78 is 0. The van der Waals surface area contributed by atoms with Crippen LogP contribution in [0.3, 0.4) is 0 Å². The molecule has 1 aromatic rings. The molecule has 17 heavy (non-hydrogen) atoms. The molecule has 1 amide bonds. The lowest BCUT2D eigenvalue weighted by atomic mass is 10.3. The first-order valence-electron chi connectivity index (χ1n) is 6.02. The average Bonchev–Trinajstić information content (AvgIpc) is 2.84. The molecule has 5 nitrogen and oxygen atoms in total. The second-order valence-electron chi connectivity index (χ2n) is 4.46. The number of carbonyl (C=O) groups is 1. The highest BCUT2D eigenvalue weighted by atomic mass is 16.2. The lowest BCUT2D eigenvalue weighted by Gasteiger charge is -2.21. The van der Waals surface area contributed by atoms with E-state index < -0.39 is 0 Å². The van der Waals surface area contributed by atoms with E-state index >= 15 is 0 Å². The molecule has 1 aliphatic heterocycles. The summed E-state index contributed by atoms with van der Waals surface area (Å²) in [4.78, 5) is 13.9. The largest absolute Gasteiger partial charge is 0.357 e. The normalized spacial score (nSPS) is 16.9. The van der Waals surface area contributed by atoms with Gasteiger partial charge in [0.25, 0.3) is 0 Å². The van der Waals surface area contributed by atoms with Gasteiger partial charge >= 0.3 is 0 Å². The molecule has 0 bridgehead atoms. The van der Waals surface area contributed by atoms with Crippen LogP contribution in [0.1, 0.15) is 25.5 Å². The molecule has 2 heterocycles. The zero-order valence-corrected chi connectivity index (χ0v) is 10.3. The summed E-state index contributed by atoms with van der Waals surface area (Å²) in [5.74, 6) is 0.792. The van der Waals surface area contributed by atoms with Crippen LogP contribution in [0.4, 0.5) is 5.82 Å². The van der Waals surface area contributed by atoms with Crippen molar-refractivity contribution in [3.63, 3.8) is 0 Å². The van der Waals surface area contributed by atoms with Gasteiger partial charge in [-0.3, -0.25) is 4.79 Å². The molecule has 1 N–H and O–H groups in total. The highest BCUT2D eigenvalue weighted by Gasteiger charge is 2.23. The zero-order chi connectivity index (χ0) is 12.3. The Balaban J connectivity index is 1.93. The first-order chi connectivity index (χ1) is 8.16. The number of hydrogen-bond donors (Lipinski definition) is 1. The molecule has 0 aromatic carbocycles. The van der Waals surface area contributed by atoms with E-state index in [9.17, 15) is 4.79 Å². The van der Waals surface area contributed by atoms with Crippen LogP contribution in [0.5, 0.6) is 0 Å². The molecule has 0 spiro atoms. The highest BCUT2D eigenvalue weighted by molar-refractivity contribution is 5.84. The van der Waals surface area contributed by atoms with Gasteiger partial charge in [0.2, 0.25) is 5.91 Å². The summed E-state index contributed by atoms with van der Waals surface area (Å²) in [5.41, 5.74) is 0.870. The van der Waals surface area contributed by atoms with Gasteiger partial charge in [0, 0.05) is 13.1 Å². The van der Waals surface area contributed by atoms with Gasteiger partial charge in [-0.2, -0.15) is 5.10 Å². The van der Waals surface area contributed by atoms with E-state index in [4.69, 9.17) is 0 Å². The molecule has 1 unspecified atom stereocenters. The van der Waals surface area contributed by atoms with E-state index in [1.165, 1.54) is 0 Å². The van der Waals surface area contributed by atoms with Gasteiger partial charge in [0.15, 0.2) is 0 Å². The molecule has 92 valence electrons. The number of aryl methyl sites for hydroxylation is 1. The minimum atomic E-state index is -0.245. The molecule has 0 radical (unpaired) electrons. The van der Waals surface area contributed by atoms with Gasteiger partial charge in [-0.25, -0.2) is 0 Å². The summed E-state index contributed by atoms with van der Waals surface area (Å²) >= 11 is 0. The number of hydrogen-bond acceptors (Lipinski definition) is 4. The van der Waals surface area contributed by atoms with Gasteiger partial charge in [0.1, 0.15) is 11.9 Å². The molecule has 1 fully saturated rings. The summed E-state index contributed by atoms with van der Waals surface area (Å²) in [6, 6.07) is 3.48. The SMILES string of the molecule is Cc1ccc(NC(C)C(=O)N2CCCC2)nn1. The quantitative estimate of drug-likeness (QED) is 0.854. The van der Waals surface area contributed by atoms with E-state index in [1.54, 1.807) is 0 Å². The van der Waals surface area contributed by atoms with Gasteiger partial charge in [0.05, 0.1) is 5.69 Å². The summed E-state index contributed by atoms with van der Waals surface area (Å²) in [6.07, 6.45) is 2.23. The molecule has 5 heteroatoms. The number of nitrogens with one attached hydrogen (secondary N) is 1. The molecule has 0 aliphatic carbocycles. The Kier molecular flexibility index (Phi) is 3.56. The maximum absolute atomic E-state index is 12.0. The number of rotatable bonds is 3. The third-order valence-electron chi connectivity index (χ3n) is 2.95. The fraction of sp³-hybridized carbons (Fsp3) is 0.583. The van der Waals surface area contributed by atoms with E-state index in [0.29, 0.717) is 5.82 Å². The molecule has 1 saturated heterocycles. The van der Waals surface area contributed by atoms with Crippen molar-refractivity contribution in [2.24, 2.45) is 0 Å². The standard InChI is InChI=1S/C12H18N4O/c1-9-5-6-11(15-14-9)13-10(2)12(17)16-7-3-4-8-16/h5-6,10H,3-4,7-8H2,1-2H3,(H,13,15). The van der Waals surface area contributed by atoms with Crippen LogP contribution in [0.15, 0.2) is 12.1 Å². The summed E-state index contributed by atoms with van der Waals surface area (Å²) in [6.45, 7) is 5.51. The molecular weight excluding hydrogens is 216 g/mol. The fourth-order valence-corrected chi connectivity index (χ4v) is 1.97. The van der Waals surface area contributed by atoms with Crippen LogP contribution < -0.4 is 5.32 Å². The third-order valence-corrected chi connectivity index (χ3v) is 2.95. The van der Waals surface area contributed by atoms with E-state index in [2.05, 4.69) is 15.5 Å². The number of nitrogens with zero attached hydrogens (tertiary/aromatic N) is 3. The van der Waals surface area contributed by atoms with E-state index in [1.807, 2.05) is 30.9 Å². The first kappa shape index (κ1) is 11.8. The zero-order valence-electron chi connectivity index (χ0n) is 10.3. The van der Waals surface area contributed by atoms with Crippen molar-refractivity contribution in [1.82, 2.24) is 15.1 Å². The van der Waals surface area contributed by atoms with Crippen molar-refractivity contribution in [3.05, 3.63) is 17.8 Å². The van der Waals surface area contributed by atoms with Crippen LogP contribution in [-0.2, 0) is 4.79 Å². The second kappa shape index (κ2) is 5.12. The summed E-state index contributed by atoms with van der Waals surface area (Å²) in [7, 11) is 0. The smallest absolute Gasteiger partial charge is 0.244 e.